The topological polar surface area (TPSA) is 59.9 Å². The fraction of sp³-hybridized carbons (Fsp3) is 0.357. The molecule has 0 fully saturated rings. The van der Waals surface area contributed by atoms with Crippen molar-refractivity contribution in [1.82, 2.24) is 15.0 Å². The predicted molar refractivity (Wildman–Crippen MR) is 84.2 cm³/mol. The number of aryl methyl sites for hydroxylation is 1. The standard InChI is InChI=1S/C14H15Cl2FN4O/c1-3-11-12(16)13(20-7-19-11)21-8(2)6-22-14-10(17)4-9(15)5-18-14/h4-5,7-8H,3,6H2,1-2H3,(H,19,20,21)/t8-/m0/s1. The third-order valence-electron chi connectivity index (χ3n) is 2.82. The van der Waals surface area contributed by atoms with Crippen molar-refractivity contribution >= 4 is 29.0 Å². The van der Waals surface area contributed by atoms with E-state index >= 15 is 0 Å². The molecule has 8 heteroatoms. The lowest BCUT2D eigenvalue weighted by molar-refractivity contribution is 0.277. The van der Waals surface area contributed by atoms with E-state index in [1.807, 2.05) is 13.8 Å². The Balaban J connectivity index is 1.97. The van der Waals surface area contributed by atoms with E-state index in [2.05, 4.69) is 20.3 Å². The Kier molecular flexibility index (Phi) is 5.74. The van der Waals surface area contributed by atoms with Crippen molar-refractivity contribution in [1.29, 1.82) is 0 Å². The van der Waals surface area contributed by atoms with Gasteiger partial charge < -0.3 is 10.1 Å². The molecule has 2 aromatic heterocycles. The number of rotatable bonds is 6. The molecule has 0 unspecified atom stereocenters. The molecule has 1 atom stereocenters. The molecular weight excluding hydrogens is 330 g/mol. The molecule has 5 nitrogen and oxygen atoms in total. The third-order valence-corrected chi connectivity index (χ3v) is 3.43. The van der Waals surface area contributed by atoms with Crippen LogP contribution in [-0.2, 0) is 6.42 Å². The van der Waals surface area contributed by atoms with E-state index in [1.165, 1.54) is 12.5 Å². The number of hydrogen-bond acceptors (Lipinski definition) is 5. The van der Waals surface area contributed by atoms with E-state index in [-0.39, 0.29) is 23.6 Å². The zero-order valence-corrected chi connectivity index (χ0v) is 13.6. The number of nitrogens with zero attached hydrogens (tertiary/aromatic N) is 3. The van der Waals surface area contributed by atoms with Crippen molar-refractivity contribution < 1.29 is 9.13 Å². The molecular formula is C14H15Cl2FN4O. The van der Waals surface area contributed by atoms with Crippen molar-refractivity contribution in [2.75, 3.05) is 11.9 Å². The lowest BCUT2D eigenvalue weighted by Crippen LogP contribution is -2.25. The summed E-state index contributed by atoms with van der Waals surface area (Å²) in [5.41, 5.74) is 0.762. The Morgan fingerprint density at radius 2 is 2.09 bits per heavy atom. The summed E-state index contributed by atoms with van der Waals surface area (Å²) in [6.07, 6.45) is 3.48. The number of aromatic nitrogens is 3. The van der Waals surface area contributed by atoms with E-state index < -0.39 is 5.82 Å². The molecule has 0 aliphatic carbocycles. The van der Waals surface area contributed by atoms with Gasteiger partial charge >= 0.3 is 0 Å². The van der Waals surface area contributed by atoms with Crippen LogP contribution in [0.2, 0.25) is 10.0 Å². The molecule has 0 aromatic carbocycles. The van der Waals surface area contributed by atoms with Crippen LogP contribution >= 0.6 is 23.2 Å². The molecule has 118 valence electrons. The highest BCUT2D eigenvalue weighted by Crippen LogP contribution is 2.23. The van der Waals surface area contributed by atoms with Crippen LogP contribution in [0.4, 0.5) is 10.2 Å². The molecule has 1 N–H and O–H groups in total. The van der Waals surface area contributed by atoms with Crippen molar-refractivity contribution in [3.8, 4) is 5.88 Å². The fourth-order valence-electron chi connectivity index (χ4n) is 1.74. The largest absolute Gasteiger partial charge is 0.473 e. The second kappa shape index (κ2) is 7.56. The van der Waals surface area contributed by atoms with Crippen molar-refractivity contribution in [3.05, 3.63) is 40.1 Å². The predicted octanol–water partition coefficient (Wildman–Crippen LogP) is 3.76. The molecule has 0 amide bonds. The molecule has 0 saturated carbocycles. The number of ether oxygens (including phenoxy) is 1. The van der Waals surface area contributed by atoms with Gasteiger partial charge in [0.2, 0.25) is 0 Å². The lowest BCUT2D eigenvalue weighted by Gasteiger charge is -2.16. The van der Waals surface area contributed by atoms with Gasteiger partial charge in [0.15, 0.2) is 5.82 Å². The number of anilines is 1. The first-order valence-corrected chi connectivity index (χ1v) is 7.46. The van der Waals surface area contributed by atoms with Gasteiger partial charge in [-0.3, -0.25) is 0 Å². The van der Waals surface area contributed by atoms with Crippen LogP contribution < -0.4 is 10.1 Å². The van der Waals surface area contributed by atoms with Crippen molar-refractivity contribution in [3.63, 3.8) is 0 Å². The summed E-state index contributed by atoms with van der Waals surface area (Å²) in [6.45, 7) is 4.00. The van der Waals surface area contributed by atoms with Gasteiger partial charge in [-0.25, -0.2) is 19.3 Å². The Morgan fingerprint density at radius 3 is 2.77 bits per heavy atom. The number of halogens is 3. The average Bonchev–Trinajstić information content (AvgIpc) is 2.48. The minimum absolute atomic E-state index is 0.0962. The molecule has 2 aromatic rings. The van der Waals surface area contributed by atoms with Crippen LogP contribution in [0.5, 0.6) is 5.88 Å². The Labute approximate surface area is 137 Å². The maximum atomic E-state index is 13.6. The fourth-order valence-corrected chi connectivity index (χ4v) is 2.17. The zero-order valence-electron chi connectivity index (χ0n) is 12.1. The molecule has 0 aliphatic heterocycles. The second-order valence-corrected chi connectivity index (χ2v) is 5.45. The molecule has 0 saturated heterocycles. The maximum absolute atomic E-state index is 13.6. The summed E-state index contributed by atoms with van der Waals surface area (Å²) < 4.78 is 18.9. The summed E-state index contributed by atoms with van der Waals surface area (Å²) in [5.74, 6) is -0.178. The molecule has 22 heavy (non-hydrogen) atoms. The minimum atomic E-state index is -0.604. The van der Waals surface area contributed by atoms with Gasteiger partial charge in [-0.05, 0) is 19.4 Å². The van der Waals surface area contributed by atoms with Gasteiger partial charge in [-0.1, -0.05) is 30.1 Å². The van der Waals surface area contributed by atoms with Crippen LogP contribution in [0.25, 0.3) is 0 Å². The first kappa shape index (κ1) is 16.7. The minimum Gasteiger partial charge on any atom is -0.473 e. The van der Waals surface area contributed by atoms with Gasteiger partial charge in [0, 0.05) is 6.20 Å². The highest BCUT2D eigenvalue weighted by atomic mass is 35.5. The van der Waals surface area contributed by atoms with Crippen LogP contribution in [0.15, 0.2) is 18.6 Å². The lowest BCUT2D eigenvalue weighted by atomic mass is 10.3. The van der Waals surface area contributed by atoms with Crippen LogP contribution in [-0.4, -0.2) is 27.6 Å². The summed E-state index contributed by atoms with van der Waals surface area (Å²) in [6, 6.07) is 0.991. The van der Waals surface area contributed by atoms with E-state index in [1.54, 1.807) is 0 Å². The van der Waals surface area contributed by atoms with Crippen LogP contribution in [0, 0.1) is 5.82 Å². The Hall–Kier alpha value is -1.66. The van der Waals surface area contributed by atoms with Gasteiger partial charge in [-0.15, -0.1) is 0 Å². The first-order chi connectivity index (χ1) is 10.5. The number of pyridine rings is 1. The summed E-state index contributed by atoms with van der Waals surface area (Å²) in [4.78, 5) is 12.0. The van der Waals surface area contributed by atoms with E-state index in [4.69, 9.17) is 27.9 Å². The molecule has 0 aliphatic rings. The number of hydrogen-bond donors (Lipinski definition) is 1. The first-order valence-electron chi connectivity index (χ1n) is 6.71. The summed E-state index contributed by atoms with van der Waals surface area (Å²) in [7, 11) is 0. The monoisotopic (exact) mass is 344 g/mol. The molecule has 0 radical (unpaired) electrons. The summed E-state index contributed by atoms with van der Waals surface area (Å²) >= 11 is 11.8. The molecule has 2 rings (SSSR count). The smallest absolute Gasteiger partial charge is 0.250 e. The van der Waals surface area contributed by atoms with Gasteiger partial charge in [0.1, 0.15) is 23.8 Å². The average molecular weight is 345 g/mol. The van der Waals surface area contributed by atoms with Crippen LogP contribution in [0.1, 0.15) is 19.5 Å². The molecule has 2 heterocycles. The van der Waals surface area contributed by atoms with Crippen LogP contribution in [0.3, 0.4) is 0 Å². The van der Waals surface area contributed by atoms with Gasteiger partial charge in [0.25, 0.3) is 5.88 Å². The van der Waals surface area contributed by atoms with Crippen molar-refractivity contribution in [2.45, 2.75) is 26.3 Å². The quantitative estimate of drug-likeness (QED) is 0.864. The van der Waals surface area contributed by atoms with Gasteiger partial charge in [-0.2, -0.15) is 0 Å². The summed E-state index contributed by atoms with van der Waals surface area (Å²) in [5, 5.41) is 3.80. The Bertz CT molecular complexity index is 657. The molecule has 0 bridgehead atoms. The van der Waals surface area contributed by atoms with E-state index in [9.17, 15) is 4.39 Å². The zero-order chi connectivity index (χ0) is 16.1. The Morgan fingerprint density at radius 1 is 1.32 bits per heavy atom. The third kappa shape index (κ3) is 4.18. The van der Waals surface area contributed by atoms with E-state index in [0.29, 0.717) is 17.3 Å². The van der Waals surface area contributed by atoms with Gasteiger partial charge in [0.05, 0.1) is 16.8 Å². The highest BCUT2D eigenvalue weighted by Gasteiger charge is 2.12. The SMILES string of the molecule is CCc1ncnc(N[C@@H](C)COc2ncc(Cl)cc2F)c1Cl. The highest BCUT2D eigenvalue weighted by molar-refractivity contribution is 6.33. The van der Waals surface area contributed by atoms with E-state index in [0.717, 1.165) is 11.8 Å². The number of nitrogens with one attached hydrogen (secondary N) is 1. The maximum Gasteiger partial charge on any atom is 0.250 e. The van der Waals surface area contributed by atoms with Crippen molar-refractivity contribution in [2.24, 2.45) is 0 Å². The normalized spacial score (nSPS) is 12.0. The second-order valence-electron chi connectivity index (χ2n) is 4.63. The molecule has 0 spiro atoms.